The van der Waals surface area contributed by atoms with Crippen LogP contribution in [0, 0.1) is 5.82 Å². The molecule has 0 aliphatic carbocycles. The van der Waals surface area contributed by atoms with Crippen LogP contribution in [0.1, 0.15) is 24.8 Å². The smallest absolute Gasteiger partial charge is 0.198 e. The number of rotatable bonds is 4. The largest absolute Gasteiger partial charge is 0.504 e. The quantitative estimate of drug-likeness (QED) is 0.897. The molecule has 5 heteroatoms. The standard InChI is InChI=1S/C11H15BrFNO2/c1-6(3-4-14)7-5-8(12)9(13)11(16-2)10(7)15/h5-6,15H,3-4,14H2,1-2H3. The van der Waals surface area contributed by atoms with Gasteiger partial charge < -0.3 is 15.6 Å². The van der Waals surface area contributed by atoms with E-state index in [1.54, 1.807) is 6.07 Å². The summed E-state index contributed by atoms with van der Waals surface area (Å²) in [7, 11) is 1.32. The Morgan fingerprint density at radius 2 is 2.25 bits per heavy atom. The highest BCUT2D eigenvalue weighted by Gasteiger charge is 2.20. The molecule has 1 atom stereocenters. The van der Waals surface area contributed by atoms with Crippen molar-refractivity contribution in [2.45, 2.75) is 19.3 Å². The lowest BCUT2D eigenvalue weighted by Gasteiger charge is -2.16. The van der Waals surface area contributed by atoms with Gasteiger partial charge in [0.15, 0.2) is 17.3 Å². The Kier molecular flexibility index (Phi) is 4.56. The Labute approximate surface area is 103 Å². The van der Waals surface area contributed by atoms with Crippen molar-refractivity contribution in [3.8, 4) is 11.5 Å². The van der Waals surface area contributed by atoms with Crippen molar-refractivity contribution in [3.05, 3.63) is 21.9 Å². The second-order valence-electron chi connectivity index (χ2n) is 3.62. The van der Waals surface area contributed by atoms with Gasteiger partial charge in [0.2, 0.25) is 0 Å². The van der Waals surface area contributed by atoms with E-state index in [1.165, 1.54) is 7.11 Å². The van der Waals surface area contributed by atoms with Gasteiger partial charge in [0.25, 0.3) is 0 Å². The minimum absolute atomic E-state index is 0.0517. The molecule has 1 unspecified atom stereocenters. The number of phenolic OH excluding ortho intramolecular Hbond substituents is 1. The van der Waals surface area contributed by atoms with Crippen molar-refractivity contribution in [1.82, 2.24) is 0 Å². The fourth-order valence-corrected chi connectivity index (χ4v) is 2.01. The number of methoxy groups -OCH3 is 1. The Morgan fingerprint density at radius 3 is 2.75 bits per heavy atom. The van der Waals surface area contributed by atoms with E-state index in [0.29, 0.717) is 12.1 Å². The van der Waals surface area contributed by atoms with Crippen LogP contribution in [0.5, 0.6) is 11.5 Å². The first-order valence-electron chi connectivity index (χ1n) is 4.97. The summed E-state index contributed by atoms with van der Waals surface area (Å²) < 4.78 is 18.7. The van der Waals surface area contributed by atoms with Crippen LogP contribution >= 0.6 is 15.9 Å². The average Bonchev–Trinajstić information content (AvgIpc) is 2.24. The van der Waals surface area contributed by atoms with E-state index >= 15 is 0 Å². The molecule has 0 heterocycles. The van der Waals surface area contributed by atoms with Crippen LogP contribution in [0.25, 0.3) is 0 Å². The molecule has 3 nitrogen and oxygen atoms in total. The molecule has 1 rings (SSSR count). The predicted octanol–water partition coefficient (Wildman–Crippen LogP) is 2.75. The lowest BCUT2D eigenvalue weighted by atomic mass is 9.96. The van der Waals surface area contributed by atoms with Gasteiger partial charge in [-0.3, -0.25) is 0 Å². The van der Waals surface area contributed by atoms with Gasteiger partial charge in [-0.1, -0.05) is 6.92 Å². The van der Waals surface area contributed by atoms with Crippen molar-refractivity contribution < 1.29 is 14.2 Å². The SMILES string of the molecule is COc1c(O)c(C(C)CCN)cc(Br)c1F. The number of hydrogen-bond acceptors (Lipinski definition) is 3. The number of halogens is 2. The third kappa shape index (κ3) is 2.47. The number of hydrogen-bond donors (Lipinski definition) is 2. The maximum Gasteiger partial charge on any atom is 0.198 e. The lowest BCUT2D eigenvalue weighted by molar-refractivity contribution is 0.346. The first kappa shape index (κ1) is 13.3. The zero-order chi connectivity index (χ0) is 12.3. The summed E-state index contributed by atoms with van der Waals surface area (Å²) in [6.07, 6.45) is 0.717. The van der Waals surface area contributed by atoms with Crippen LogP contribution in [0.3, 0.4) is 0 Å². The molecule has 3 N–H and O–H groups in total. The molecule has 0 aliphatic rings. The minimum atomic E-state index is -0.594. The molecular weight excluding hydrogens is 277 g/mol. The maximum absolute atomic E-state index is 13.5. The van der Waals surface area contributed by atoms with Crippen LogP contribution in [0.2, 0.25) is 0 Å². The number of benzene rings is 1. The molecule has 90 valence electrons. The molecule has 16 heavy (non-hydrogen) atoms. The van der Waals surface area contributed by atoms with Gasteiger partial charge in [-0.2, -0.15) is 0 Å². The van der Waals surface area contributed by atoms with Gasteiger partial charge in [-0.25, -0.2) is 4.39 Å². The van der Waals surface area contributed by atoms with Crippen LogP contribution in [0.15, 0.2) is 10.5 Å². The highest BCUT2D eigenvalue weighted by Crippen LogP contribution is 2.41. The van der Waals surface area contributed by atoms with Crippen molar-refractivity contribution in [2.24, 2.45) is 5.73 Å². The predicted molar refractivity (Wildman–Crippen MR) is 64.4 cm³/mol. The summed E-state index contributed by atoms with van der Waals surface area (Å²) in [6.45, 7) is 2.43. The summed E-state index contributed by atoms with van der Waals surface area (Å²) in [5.41, 5.74) is 6.09. The molecular formula is C11H15BrFNO2. The highest BCUT2D eigenvalue weighted by molar-refractivity contribution is 9.10. The fraction of sp³-hybridized carbons (Fsp3) is 0.455. The molecule has 0 fully saturated rings. The molecule has 1 aromatic rings. The topological polar surface area (TPSA) is 55.5 Å². The number of aromatic hydroxyl groups is 1. The van der Waals surface area contributed by atoms with Gasteiger partial charge in [-0.15, -0.1) is 0 Å². The summed E-state index contributed by atoms with van der Waals surface area (Å²) in [5, 5.41) is 9.86. The lowest BCUT2D eigenvalue weighted by Crippen LogP contribution is -2.06. The van der Waals surface area contributed by atoms with Gasteiger partial charge in [0, 0.05) is 5.56 Å². The first-order chi connectivity index (χ1) is 7.52. The zero-order valence-corrected chi connectivity index (χ0v) is 10.8. The van der Waals surface area contributed by atoms with Gasteiger partial charge >= 0.3 is 0 Å². The van der Waals surface area contributed by atoms with E-state index in [2.05, 4.69) is 15.9 Å². The Balaban J connectivity index is 3.25. The molecule has 0 aromatic heterocycles. The van der Waals surface area contributed by atoms with Crippen molar-refractivity contribution in [2.75, 3.05) is 13.7 Å². The first-order valence-corrected chi connectivity index (χ1v) is 5.77. The summed E-state index contributed by atoms with van der Waals surface area (Å²) >= 11 is 3.09. The molecule has 1 aromatic carbocycles. The minimum Gasteiger partial charge on any atom is -0.504 e. The fourth-order valence-electron chi connectivity index (χ4n) is 1.58. The Morgan fingerprint density at radius 1 is 1.62 bits per heavy atom. The summed E-state index contributed by atoms with van der Waals surface area (Å²) in [4.78, 5) is 0. The third-order valence-electron chi connectivity index (χ3n) is 2.51. The molecule has 0 spiro atoms. The molecule has 0 radical (unpaired) electrons. The average molecular weight is 292 g/mol. The summed E-state index contributed by atoms with van der Waals surface area (Å²) in [6, 6.07) is 1.56. The molecule has 0 saturated heterocycles. The molecule has 0 aliphatic heterocycles. The second-order valence-corrected chi connectivity index (χ2v) is 4.48. The van der Waals surface area contributed by atoms with Crippen molar-refractivity contribution in [3.63, 3.8) is 0 Å². The molecule has 0 amide bonds. The van der Waals surface area contributed by atoms with E-state index < -0.39 is 5.82 Å². The monoisotopic (exact) mass is 291 g/mol. The van der Waals surface area contributed by atoms with Crippen LogP contribution in [-0.4, -0.2) is 18.8 Å². The Hall–Kier alpha value is -0.810. The van der Waals surface area contributed by atoms with Crippen molar-refractivity contribution >= 4 is 15.9 Å². The maximum atomic E-state index is 13.5. The normalized spacial score (nSPS) is 12.6. The van der Waals surface area contributed by atoms with Crippen LogP contribution in [0.4, 0.5) is 4.39 Å². The van der Waals surface area contributed by atoms with Crippen LogP contribution in [-0.2, 0) is 0 Å². The third-order valence-corrected chi connectivity index (χ3v) is 3.09. The molecule has 0 saturated carbocycles. The van der Waals surface area contributed by atoms with Gasteiger partial charge in [0.05, 0.1) is 11.6 Å². The highest BCUT2D eigenvalue weighted by atomic mass is 79.9. The number of phenols is 1. The van der Waals surface area contributed by atoms with Crippen LogP contribution < -0.4 is 10.5 Å². The molecule has 0 bridgehead atoms. The Bertz CT molecular complexity index is 385. The van der Waals surface area contributed by atoms with Gasteiger partial charge in [-0.05, 0) is 40.9 Å². The van der Waals surface area contributed by atoms with E-state index in [1.807, 2.05) is 6.92 Å². The number of ether oxygens (including phenoxy) is 1. The van der Waals surface area contributed by atoms with E-state index in [9.17, 15) is 9.50 Å². The second kappa shape index (κ2) is 5.50. The van der Waals surface area contributed by atoms with E-state index in [0.717, 1.165) is 6.42 Å². The zero-order valence-electron chi connectivity index (χ0n) is 9.26. The van der Waals surface area contributed by atoms with E-state index in [-0.39, 0.29) is 21.9 Å². The number of nitrogens with two attached hydrogens (primary N) is 1. The summed E-state index contributed by atoms with van der Waals surface area (Å²) in [5.74, 6) is -0.822. The van der Waals surface area contributed by atoms with Gasteiger partial charge in [0.1, 0.15) is 0 Å². The van der Waals surface area contributed by atoms with Crippen molar-refractivity contribution in [1.29, 1.82) is 0 Å². The van der Waals surface area contributed by atoms with E-state index in [4.69, 9.17) is 10.5 Å².